The summed E-state index contributed by atoms with van der Waals surface area (Å²) in [7, 11) is 3.36. The van der Waals surface area contributed by atoms with Gasteiger partial charge < -0.3 is 0 Å². The standard InChI is InChI=1S/C6H11S2Si/c1-6(2,3)5(7)8-4-9/h4H2,1-3H3. The highest BCUT2D eigenvalue weighted by molar-refractivity contribution is 8.23. The van der Waals surface area contributed by atoms with Crippen LogP contribution in [-0.2, 0) is 0 Å². The molecule has 0 aromatic carbocycles. The third-order valence-electron chi connectivity index (χ3n) is 0.816. The van der Waals surface area contributed by atoms with Crippen molar-refractivity contribution in [2.24, 2.45) is 5.41 Å². The first-order valence-corrected chi connectivity index (χ1v) is 4.90. The summed E-state index contributed by atoms with van der Waals surface area (Å²) in [6.45, 7) is 6.39. The highest BCUT2D eigenvalue weighted by Gasteiger charge is 2.15. The number of thioether (sulfide) groups is 1. The van der Waals surface area contributed by atoms with Crippen LogP contribution in [0.2, 0.25) is 0 Å². The zero-order valence-corrected chi connectivity index (χ0v) is 8.66. The van der Waals surface area contributed by atoms with Crippen molar-refractivity contribution in [1.82, 2.24) is 0 Å². The van der Waals surface area contributed by atoms with Crippen LogP contribution >= 0.6 is 24.0 Å². The zero-order valence-electron chi connectivity index (χ0n) is 6.02. The Balaban J connectivity index is 3.74. The summed E-state index contributed by atoms with van der Waals surface area (Å²) in [5.41, 5.74) is 0.173. The average Bonchev–Trinajstić information content (AvgIpc) is 1.64. The summed E-state index contributed by atoms with van der Waals surface area (Å²) < 4.78 is 1.07. The molecule has 0 aromatic rings. The summed E-state index contributed by atoms with van der Waals surface area (Å²) in [6.07, 6.45) is 0. The summed E-state index contributed by atoms with van der Waals surface area (Å²) in [4.78, 5) is 0. The van der Waals surface area contributed by atoms with E-state index >= 15 is 0 Å². The van der Waals surface area contributed by atoms with Gasteiger partial charge in [-0.3, -0.25) is 0 Å². The summed E-state index contributed by atoms with van der Waals surface area (Å²) in [5.74, 6) is 0. The van der Waals surface area contributed by atoms with Crippen molar-refractivity contribution < 1.29 is 0 Å². The van der Waals surface area contributed by atoms with Gasteiger partial charge in [0.1, 0.15) is 0 Å². The van der Waals surface area contributed by atoms with Crippen LogP contribution in [0.5, 0.6) is 0 Å². The maximum Gasteiger partial charge on any atom is 0.0529 e. The SMILES string of the molecule is CC(C)(C)C(=S)SC[Si]. The maximum atomic E-state index is 5.12. The minimum Gasteiger partial charge on any atom is -0.122 e. The van der Waals surface area contributed by atoms with E-state index in [1.165, 1.54) is 0 Å². The second-order valence-corrected chi connectivity index (χ2v) is 5.34. The Morgan fingerprint density at radius 2 is 2.00 bits per heavy atom. The van der Waals surface area contributed by atoms with Gasteiger partial charge in [0.25, 0.3) is 0 Å². The van der Waals surface area contributed by atoms with Crippen LogP contribution in [0.15, 0.2) is 0 Å². The van der Waals surface area contributed by atoms with Gasteiger partial charge in [-0.2, -0.15) is 0 Å². The molecule has 0 rings (SSSR count). The Bertz CT molecular complexity index is 104. The molecule has 0 aliphatic heterocycles. The van der Waals surface area contributed by atoms with Gasteiger partial charge in [0.15, 0.2) is 0 Å². The van der Waals surface area contributed by atoms with Gasteiger partial charge >= 0.3 is 0 Å². The lowest BCUT2D eigenvalue weighted by molar-refractivity contribution is 0.610. The van der Waals surface area contributed by atoms with Crippen molar-refractivity contribution in [1.29, 1.82) is 0 Å². The molecule has 3 radical (unpaired) electrons. The van der Waals surface area contributed by atoms with Crippen LogP contribution in [-0.4, -0.2) is 19.8 Å². The molecule has 0 bridgehead atoms. The van der Waals surface area contributed by atoms with Gasteiger partial charge in [0, 0.05) is 15.7 Å². The van der Waals surface area contributed by atoms with Crippen molar-refractivity contribution in [2.75, 3.05) is 5.38 Å². The Morgan fingerprint density at radius 3 is 2.11 bits per heavy atom. The molecule has 0 saturated carbocycles. The van der Waals surface area contributed by atoms with E-state index < -0.39 is 0 Å². The predicted molar refractivity (Wildman–Crippen MR) is 50.3 cm³/mol. The van der Waals surface area contributed by atoms with Gasteiger partial charge in [0.05, 0.1) is 4.20 Å². The normalized spacial score (nSPS) is 11.6. The molecule has 0 aliphatic rings. The maximum absolute atomic E-state index is 5.12. The van der Waals surface area contributed by atoms with Crippen LogP contribution in [0.4, 0.5) is 0 Å². The van der Waals surface area contributed by atoms with E-state index in [9.17, 15) is 0 Å². The molecule has 51 valence electrons. The summed E-state index contributed by atoms with van der Waals surface area (Å²) >= 11 is 6.81. The Morgan fingerprint density at radius 1 is 1.56 bits per heavy atom. The van der Waals surface area contributed by atoms with Crippen LogP contribution in [0.1, 0.15) is 20.8 Å². The molecule has 0 nitrogen and oxygen atoms in total. The van der Waals surface area contributed by atoms with E-state index in [-0.39, 0.29) is 5.41 Å². The van der Waals surface area contributed by atoms with Crippen molar-refractivity contribution in [2.45, 2.75) is 20.8 Å². The number of hydrogen-bond donors (Lipinski definition) is 0. The Kier molecular flexibility index (Phi) is 4.01. The van der Waals surface area contributed by atoms with Gasteiger partial charge in [-0.25, -0.2) is 0 Å². The van der Waals surface area contributed by atoms with Gasteiger partial charge in [-0.15, -0.1) is 11.8 Å². The van der Waals surface area contributed by atoms with Gasteiger partial charge in [-0.1, -0.05) is 33.0 Å². The Labute approximate surface area is 70.2 Å². The first-order chi connectivity index (χ1) is 3.98. The number of rotatable bonds is 1. The molecule has 0 aliphatic carbocycles. The molecule has 0 atom stereocenters. The Hall–Kier alpha value is 0.657. The number of hydrogen-bond acceptors (Lipinski definition) is 2. The van der Waals surface area contributed by atoms with Gasteiger partial charge in [0.2, 0.25) is 0 Å². The molecule has 0 heterocycles. The molecule has 0 unspecified atom stereocenters. The second kappa shape index (κ2) is 3.74. The van der Waals surface area contributed by atoms with E-state index in [0.717, 1.165) is 9.57 Å². The lowest BCUT2D eigenvalue weighted by atomic mass is 10.0. The number of thiocarbonyl (C=S) groups is 1. The van der Waals surface area contributed by atoms with Crippen molar-refractivity contribution in [3.05, 3.63) is 0 Å². The average molecular weight is 175 g/mol. The topological polar surface area (TPSA) is 0 Å². The predicted octanol–water partition coefficient (Wildman–Crippen LogP) is 2.22. The molecule has 9 heavy (non-hydrogen) atoms. The largest absolute Gasteiger partial charge is 0.122 e. The third kappa shape index (κ3) is 4.11. The molecule has 3 heteroatoms. The van der Waals surface area contributed by atoms with E-state index in [1.807, 2.05) is 0 Å². The fourth-order valence-corrected chi connectivity index (χ4v) is 1.77. The van der Waals surface area contributed by atoms with E-state index in [4.69, 9.17) is 12.2 Å². The highest BCUT2D eigenvalue weighted by atomic mass is 32.2. The fourth-order valence-electron chi connectivity index (χ4n) is 0.282. The lowest BCUT2D eigenvalue weighted by Crippen LogP contribution is -2.14. The van der Waals surface area contributed by atoms with Crippen molar-refractivity contribution >= 4 is 38.4 Å². The smallest absolute Gasteiger partial charge is 0.0529 e. The zero-order chi connectivity index (χ0) is 7.49. The molecule has 0 N–H and O–H groups in total. The molecular weight excluding hydrogens is 164 g/mol. The van der Waals surface area contributed by atoms with Crippen molar-refractivity contribution in [3.63, 3.8) is 0 Å². The highest BCUT2D eigenvalue weighted by Crippen LogP contribution is 2.23. The molecule has 0 amide bonds. The lowest BCUT2D eigenvalue weighted by Gasteiger charge is -2.17. The van der Waals surface area contributed by atoms with E-state index in [1.54, 1.807) is 11.8 Å². The fraction of sp³-hybridized carbons (Fsp3) is 0.833. The van der Waals surface area contributed by atoms with Crippen LogP contribution < -0.4 is 0 Å². The minimum absolute atomic E-state index is 0.173. The first kappa shape index (κ1) is 9.66. The molecule has 0 aromatic heterocycles. The molecular formula is C6H11S2Si. The second-order valence-electron chi connectivity index (χ2n) is 2.83. The first-order valence-electron chi connectivity index (χ1n) is 2.80. The van der Waals surface area contributed by atoms with Gasteiger partial charge in [-0.05, 0) is 5.38 Å². The minimum atomic E-state index is 0.173. The van der Waals surface area contributed by atoms with E-state index in [2.05, 4.69) is 31.0 Å². The monoisotopic (exact) mass is 175 g/mol. The quantitative estimate of drug-likeness (QED) is 0.443. The summed E-state index contributed by atoms with van der Waals surface area (Å²) in [5, 5.41) is 0.899. The molecule has 0 spiro atoms. The molecule has 0 saturated heterocycles. The van der Waals surface area contributed by atoms with Crippen LogP contribution in [0.3, 0.4) is 0 Å². The summed E-state index contributed by atoms with van der Waals surface area (Å²) in [6, 6.07) is 0. The van der Waals surface area contributed by atoms with Crippen LogP contribution in [0, 0.1) is 5.41 Å². The third-order valence-corrected chi connectivity index (χ3v) is 3.23. The molecule has 0 fully saturated rings. The van der Waals surface area contributed by atoms with Crippen molar-refractivity contribution in [3.8, 4) is 0 Å². The van der Waals surface area contributed by atoms with E-state index in [0.29, 0.717) is 0 Å². The van der Waals surface area contributed by atoms with Crippen LogP contribution in [0.25, 0.3) is 0 Å².